The first-order valence-corrected chi connectivity index (χ1v) is 6.12. The van der Waals surface area contributed by atoms with Crippen molar-refractivity contribution < 1.29 is 4.79 Å². The van der Waals surface area contributed by atoms with Crippen LogP contribution in [0.25, 0.3) is 0 Å². The van der Waals surface area contributed by atoms with Gasteiger partial charge >= 0.3 is 0 Å². The smallest absolute Gasteiger partial charge is 0.276 e. The zero-order chi connectivity index (χ0) is 13.1. The number of rotatable bonds is 2. The number of halogens is 1. The van der Waals surface area contributed by atoms with Crippen LogP contribution in [-0.2, 0) is 0 Å². The van der Waals surface area contributed by atoms with E-state index < -0.39 is 0 Å². The monoisotopic (exact) mass is 305 g/mol. The summed E-state index contributed by atoms with van der Waals surface area (Å²) in [4.78, 5) is 17.8. The highest BCUT2D eigenvalue weighted by Gasteiger charge is 2.14. The van der Waals surface area contributed by atoms with Gasteiger partial charge in [-0.05, 0) is 52.3 Å². The lowest BCUT2D eigenvalue weighted by atomic mass is 10.2. The maximum Gasteiger partial charge on any atom is 0.276 e. The number of nitrogen functional groups attached to an aromatic ring is 1. The molecule has 0 unspecified atom stereocenters. The number of benzene rings is 1. The van der Waals surface area contributed by atoms with Gasteiger partial charge in [0, 0.05) is 29.1 Å². The number of aromatic nitrogens is 1. The molecule has 18 heavy (non-hydrogen) atoms. The van der Waals surface area contributed by atoms with Crippen LogP contribution in [0.15, 0.2) is 47.1 Å². The van der Waals surface area contributed by atoms with E-state index >= 15 is 0 Å². The lowest BCUT2D eigenvalue weighted by molar-refractivity contribution is 0.0988. The molecule has 0 bridgehead atoms. The molecule has 0 aliphatic rings. The van der Waals surface area contributed by atoms with E-state index in [1.807, 2.05) is 0 Å². The molecule has 1 heterocycles. The standard InChI is InChI=1S/C13H12BrN3O/c1-17(11-5-3-10(15)4-6-11)13(18)12-7-2-9(14)8-16-12/h2-8H,15H2,1H3. The summed E-state index contributed by atoms with van der Waals surface area (Å²) in [5.41, 5.74) is 7.45. The van der Waals surface area contributed by atoms with Crippen molar-refractivity contribution in [3.63, 3.8) is 0 Å². The van der Waals surface area contributed by atoms with Crippen molar-refractivity contribution in [3.05, 3.63) is 52.8 Å². The van der Waals surface area contributed by atoms with Gasteiger partial charge in [-0.15, -0.1) is 0 Å². The molecular weight excluding hydrogens is 294 g/mol. The molecule has 0 saturated heterocycles. The van der Waals surface area contributed by atoms with Crippen molar-refractivity contribution in [2.75, 3.05) is 17.7 Å². The zero-order valence-corrected chi connectivity index (χ0v) is 11.4. The molecule has 0 spiro atoms. The fourth-order valence-corrected chi connectivity index (χ4v) is 1.72. The second-order valence-electron chi connectivity index (χ2n) is 3.82. The van der Waals surface area contributed by atoms with Gasteiger partial charge in [-0.2, -0.15) is 0 Å². The summed E-state index contributed by atoms with van der Waals surface area (Å²) in [6.45, 7) is 0. The Bertz CT molecular complexity index is 551. The minimum Gasteiger partial charge on any atom is -0.399 e. The first-order chi connectivity index (χ1) is 8.58. The molecule has 0 aliphatic heterocycles. The predicted octanol–water partition coefficient (Wildman–Crippen LogP) is 2.70. The Labute approximate surface area is 114 Å². The molecule has 4 nitrogen and oxygen atoms in total. The minimum absolute atomic E-state index is 0.160. The van der Waals surface area contributed by atoms with E-state index in [9.17, 15) is 4.79 Å². The second-order valence-corrected chi connectivity index (χ2v) is 4.73. The Hall–Kier alpha value is -1.88. The molecule has 0 aliphatic carbocycles. The molecule has 5 heteroatoms. The number of nitrogens with zero attached hydrogens (tertiary/aromatic N) is 2. The fourth-order valence-electron chi connectivity index (χ4n) is 1.49. The van der Waals surface area contributed by atoms with E-state index in [0.717, 1.165) is 10.2 Å². The van der Waals surface area contributed by atoms with Crippen LogP contribution in [0.5, 0.6) is 0 Å². The molecule has 1 amide bonds. The van der Waals surface area contributed by atoms with Crippen LogP contribution in [0.3, 0.4) is 0 Å². The first kappa shape index (κ1) is 12.6. The Balaban J connectivity index is 2.23. The summed E-state index contributed by atoms with van der Waals surface area (Å²) in [6, 6.07) is 10.6. The Morgan fingerprint density at radius 1 is 1.22 bits per heavy atom. The van der Waals surface area contributed by atoms with Gasteiger partial charge in [0.05, 0.1) is 0 Å². The summed E-state index contributed by atoms with van der Waals surface area (Å²) in [7, 11) is 1.71. The number of anilines is 2. The van der Waals surface area contributed by atoms with Crippen LogP contribution in [0.2, 0.25) is 0 Å². The number of hydrogen-bond acceptors (Lipinski definition) is 3. The van der Waals surface area contributed by atoms with Gasteiger partial charge in [0.2, 0.25) is 0 Å². The van der Waals surface area contributed by atoms with Gasteiger partial charge < -0.3 is 10.6 Å². The third kappa shape index (κ3) is 2.68. The van der Waals surface area contributed by atoms with Gasteiger partial charge in [0.1, 0.15) is 5.69 Å². The molecule has 1 aromatic heterocycles. The fraction of sp³-hybridized carbons (Fsp3) is 0.0769. The Morgan fingerprint density at radius 2 is 1.89 bits per heavy atom. The maximum atomic E-state index is 12.2. The van der Waals surface area contributed by atoms with E-state index in [-0.39, 0.29) is 5.91 Å². The summed E-state index contributed by atoms with van der Waals surface area (Å²) in [6.07, 6.45) is 1.60. The topological polar surface area (TPSA) is 59.2 Å². The molecule has 2 aromatic rings. The summed E-state index contributed by atoms with van der Waals surface area (Å²) in [5, 5.41) is 0. The zero-order valence-electron chi connectivity index (χ0n) is 9.80. The van der Waals surface area contributed by atoms with Gasteiger partial charge in [-0.25, -0.2) is 4.98 Å². The third-order valence-corrected chi connectivity index (χ3v) is 3.00. The van der Waals surface area contributed by atoms with Crippen LogP contribution in [-0.4, -0.2) is 17.9 Å². The number of nitrogens with two attached hydrogens (primary N) is 1. The SMILES string of the molecule is CN(C(=O)c1ccc(Br)cn1)c1ccc(N)cc1. The van der Waals surface area contributed by atoms with Crippen molar-refractivity contribution in [2.24, 2.45) is 0 Å². The number of carbonyl (C=O) groups is 1. The largest absolute Gasteiger partial charge is 0.399 e. The quantitative estimate of drug-likeness (QED) is 0.868. The average Bonchev–Trinajstić information content (AvgIpc) is 2.39. The molecule has 0 fully saturated rings. The molecule has 92 valence electrons. The number of hydrogen-bond donors (Lipinski definition) is 1. The van der Waals surface area contributed by atoms with Crippen LogP contribution in [0.4, 0.5) is 11.4 Å². The van der Waals surface area contributed by atoms with E-state index in [1.54, 1.807) is 49.6 Å². The lowest BCUT2D eigenvalue weighted by Crippen LogP contribution is -2.26. The van der Waals surface area contributed by atoms with Gasteiger partial charge in [-0.3, -0.25) is 4.79 Å². The van der Waals surface area contributed by atoms with E-state index in [1.165, 1.54) is 4.90 Å². The first-order valence-electron chi connectivity index (χ1n) is 5.33. The lowest BCUT2D eigenvalue weighted by Gasteiger charge is -2.16. The van der Waals surface area contributed by atoms with Crippen LogP contribution >= 0.6 is 15.9 Å². The molecular formula is C13H12BrN3O. The third-order valence-electron chi connectivity index (χ3n) is 2.53. The Morgan fingerprint density at radius 3 is 2.44 bits per heavy atom. The highest BCUT2D eigenvalue weighted by atomic mass is 79.9. The van der Waals surface area contributed by atoms with Crippen molar-refractivity contribution in [2.45, 2.75) is 0 Å². The average molecular weight is 306 g/mol. The minimum atomic E-state index is -0.160. The van der Waals surface area contributed by atoms with Crippen molar-refractivity contribution in [1.82, 2.24) is 4.98 Å². The molecule has 2 rings (SSSR count). The van der Waals surface area contributed by atoms with Crippen LogP contribution < -0.4 is 10.6 Å². The van der Waals surface area contributed by atoms with Crippen LogP contribution in [0.1, 0.15) is 10.5 Å². The molecule has 0 radical (unpaired) electrons. The molecule has 0 atom stereocenters. The van der Waals surface area contributed by atoms with Crippen LogP contribution in [0, 0.1) is 0 Å². The summed E-state index contributed by atoms with van der Waals surface area (Å²) >= 11 is 3.28. The normalized spacial score (nSPS) is 10.1. The Kier molecular flexibility index (Phi) is 3.62. The van der Waals surface area contributed by atoms with Gasteiger partial charge in [0.15, 0.2) is 0 Å². The second kappa shape index (κ2) is 5.18. The van der Waals surface area contributed by atoms with E-state index in [2.05, 4.69) is 20.9 Å². The number of pyridine rings is 1. The van der Waals surface area contributed by atoms with Gasteiger partial charge in [0.25, 0.3) is 5.91 Å². The van der Waals surface area contributed by atoms with Crippen molar-refractivity contribution in [1.29, 1.82) is 0 Å². The number of amides is 1. The predicted molar refractivity (Wildman–Crippen MR) is 75.5 cm³/mol. The molecule has 2 N–H and O–H groups in total. The van der Waals surface area contributed by atoms with E-state index in [0.29, 0.717) is 11.4 Å². The highest BCUT2D eigenvalue weighted by Crippen LogP contribution is 2.17. The number of carbonyl (C=O) groups excluding carboxylic acids is 1. The molecule has 1 aromatic carbocycles. The van der Waals surface area contributed by atoms with Crippen molar-refractivity contribution >= 4 is 33.2 Å². The summed E-state index contributed by atoms with van der Waals surface area (Å²) in [5.74, 6) is -0.160. The van der Waals surface area contributed by atoms with Crippen molar-refractivity contribution in [3.8, 4) is 0 Å². The van der Waals surface area contributed by atoms with E-state index in [4.69, 9.17) is 5.73 Å². The molecule has 0 saturated carbocycles. The maximum absolute atomic E-state index is 12.2. The summed E-state index contributed by atoms with van der Waals surface area (Å²) < 4.78 is 0.842. The van der Waals surface area contributed by atoms with Gasteiger partial charge in [-0.1, -0.05) is 0 Å². The highest BCUT2D eigenvalue weighted by molar-refractivity contribution is 9.10.